The third kappa shape index (κ3) is 3.88. The van der Waals surface area contributed by atoms with Gasteiger partial charge in [0.15, 0.2) is 0 Å². The Morgan fingerprint density at radius 3 is 2.46 bits per heavy atom. The van der Waals surface area contributed by atoms with Gasteiger partial charge in [0, 0.05) is 29.8 Å². The molecule has 0 radical (unpaired) electrons. The maximum Gasteiger partial charge on any atom is 0.470 e. The minimum Gasteiger partial charge on any atom is -0.413 e. The molecular formula is C24H26F4N4O3. The van der Waals surface area contributed by atoms with E-state index in [4.69, 9.17) is 4.74 Å². The normalized spacial score (nSPS) is 29.7. The number of urea groups is 1. The van der Waals surface area contributed by atoms with Gasteiger partial charge in [-0.05, 0) is 62.0 Å². The molecule has 1 aromatic carbocycles. The van der Waals surface area contributed by atoms with Crippen LogP contribution in [-0.4, -0.2) is 57.9 Å². The standard InChI is InChI=1S/C24H26F4N4O3/c25-19-10-16(20-29-30-21(35-20)24(26,27)28)1-2-17(19)13-32(22(33)31-3-5-34-6-4-31)23-11-14-7-15(12-23)9-18(23)8-14/h1-2,10,14-15,18H,3-9,11-13H2. The lowest BCUT2D eigenvalue weighted by Crippen LogP contribution is -2.58. The number of morpholine rings is 1. The molecule has 2 heterocycles. The Morgan fingerprint density at radius 1 is 1.11 bits per heavy atom. The summed E-state index contributed by atoms with van der Waals surface area (Å²) in [5, 5.41) is 6.41. The summed E-state index contributed by atoms with van der Waals surface area (Å²) in [7, 11) is 0. The van der Waals surface area contributed by atoms with Gasteiger partial charge in [0.2, 0.25) is 5.89 Å². The highest BCUT2D eigenvalue weighted by atomic mass is 19.4. The van der Waals surface area contributed by atoms with Gasteiger partial charge >= 0.3 is 18.1 Å². The Kier molecular flexibility index (Phi) is 5.32. The van der Waals surface area contributed by atoms with Gasteiger partial charge in [-0.15, -0.1) is 10.2 Å². The molecule has 5 aliphatic rings. The lowest BCUT2D eigenvalue weighted by atomic mass is 9.79. The Labute approximate surface area is 199 Å². The molecule has 7 rings (SSSR count). The molecule has 4 aliphatic carbocycles. The van der Waals surface area contributed by atoms with Gasteiger partial charge in [0.05, 0.1) is 19.8 Å². The van der Waals surface area contributed by atoms with Gasteiger partial charge in [-0.1, -0.05) is 6.07 Å². The van der Waals surface area contributed by atoms with Crippen LogP contribution in [0.4, 0.5) is 22.4 Å². The quantitative estimate of drug-likeness (QED) is 0.575. The number of rotatable bonds is 4. The molecule has 2 unspecified atom stereocenters. The van der Waals surface area contributed by atoms with E-state index in [2.05, 4.69) is 14.6 Å². The fraction of sp³-hybridized carbons (Fsp3) is 0.625. The first-order chi connectivity index (χ1) is 16.7. The summed E-state index contributed by atoms with van der Waals surface area (Å²) in [6.45, 7) is 2.07. The lowest BCUT2D eigenvalue weighted by Gasteiger charge is -2.46. The number of alkyl halides is 3. The van der Waals surface area contributed by atoms with Crippen LogP contribution >= 0.6 is 0 Å². The molecular weight excluding hydrogens is 468 g/mol. The first-order valence-electron chi connectivity index (χ1n) is 12.1. The maximum atomic E-state index is 15.3. The molecule has 2 aromatic rings. The summed E-state index contributed by atoms with van der Waals surface area (Å²) in [6, 6.07) is 3.96. The Bertz CT molecular complexity index is 1120. The highest BCUT2D eigenvalue weighted by Crippen LogP contribution is 2.63. The number of halogens is 4. The molecule has 35 heavy (non-hydrogen) atoms. The van der Waals surface area contributed by atoms with Gasteiger partial charge in [-0.25, -0.2) is 9.18 Å². The van der Waals surface area contributed by atoms with Gasteiger partial charge in [-0.3, -0.25) is 0 Å². The van der Waals surface area contributed by atoms with E-state index in [1.807, 2.05) is 4.90 Å². The van der Waals surface area contributed by atoms with Gasteiger partial charge in [-0.2, -0.15) is 13.2 Å². The van der Waals surface area contributed by atoms with E-state index in [1.165, 1.54) is 18.6 Å². The van der Waals surface area contributed by atoms with Crippen LogP contribution in [0.3, 0.4) is 0 Å². The zero-order valence-corrected chi connectivity index (χ0v) is 19.1. The fourth-order valence-corrected chi connectivity index (χ4v) is 6.97. The summed E-state index contributed by atoms with van der Waals surface area (Å²) in [6.07, 6.45) is 0.569. The fourth-order valence-electron chi connectivity index (χ4n) is 6.97. The number of carbonyl (C=O) groups is 1. The zero-order valence-electron chi connectivity index (χ0n) is 19.1. The number of hydrogen-bond donors (Lipinski definition) is 0. The van der Waals surface area contributed by atoms with Crippen LogP contribution in [0.1, 0.15) is 43.6 Å². The van der Waals surface area contributed by atoms with Gasteiger partial charge in [0.1, 0.15) is 5.82 Å². The third-order valence-corrected chi connectivity index (χ3v) is 8.29. The van der Waals surface area contributed by atoms with Crippen molar-refractivity contribution in [3.63, 3.8) is 0 Å². The van der Waals surface area contributed by atoms with Crippen LogP contribution in [0.2, 0.25) is 0 Å². The number of ether oxygens (including phenoxy) is 1. The second-order valence-electron chi connectivity index (χ2n) is 10.3. The number of hydrogen-bond acceptors (Lipinski definition) is 5. The summed E-state index contributed by atoms with van der Waals surface area (Å²) < 4.78 is 63.8. The SMILES string of the molecule is O=C(N1CCOCC1)N(Cc1ccc(-c2nnc(C(F)(F)F)o2)cc1F)C12CC3CC(CC1C3)C2. The molecule has 1 saturated heterocycles. The third-order valence-electron chi connectivity index (χ3n) is 8.29. The van der Waals surface area contributed by atoms with E-state index in [1.54, 1.807) is 4.90 Å². The van der Waals surface area contributed by atoms with Crippen molar-refractivity contribution in [2.24, 2.45) is 17.8 Å². The smallest absolute Gasteiger partial charge is 0.413 e. The summed E-state index contributed by atoms with van der Waals surface area (Å²) in [4.78, 5) is 17.5. The topological polar surface area (TPSA) is 71.7 Å². The molecule has 4 bridgehead atoms. The highest BCUT2D eigenvalue weighted by Gasteiger charge is 2.61. The van der Waals surface area contributed by atoms with Gasteiger partial charge in [0.25, 0.3) is 0 Å². The van der Waals surface area contributed by atoms with Crippen molar-refractivity contribution in [3.05, 3.63) is 35.5 Å². The Balaban J connectivity index is 1.30. The molecule has 2 amide bonds. The van der Waals surface area contributed by atoms with Crippen molar-refractivity contribution in [2.75, 3.05) is 26.3 Å². The molecule has 2 atom stereocenters. The van der Waals surface area contributed by atoms with E-state index in [0.29, 0.717) is 49.6 Å². The largest absolute Gasteiger partial charge is 0.470 e. The van der Waals surface area contributed by atoms with Crippen LogP contribution in [0.15, 0.2) is 22.6 Å². The zero-order chi connectivity index (χ0) is 24.4. The first kappa shape index (κ1) is 22.8. The van der Waals surface area contributed by atoms with E-state index < -0.39 is 23.8 Å². The summed E-state index contributed by atoms with van der Waals surface area (Å²) in [5.74, 6) is -0.860. The number of nitrogens with zero attached hydrogens (tertiary/aromatic N) is 4. The van der Waals surface area contributed by atoms with Crippen molar-refractivity contribution >= 4 is 6.03 Å². The maximum absolute atomic E-state index is 15.3. The van der Waals surface area contributed by atoms with E-state index in [9.17, 15) is 18.0 Å². The van der Waals surface area contributed by atoms with Crippen LogP contribution in [-0.2, 0) is 17.5 Å². The van der Waals surface area contributed by atoms with Crippen molar-refractivity contribution in [3.8, 4) is 11.5 Å². The molecule has 11 heteroatoms. The molecule has 7 nitrogen and oxygen atoms in total. The molecule has 1 aliphatic heterocycles. The second-order valence-corrected chi connectivity index (χ2v) is 10.3. The van der Waals surface area contributed by atoms with E-state index in [-0.39, 0.29) is 23.7 Å². The number of carbonyl (C=O) groups excluding carboxylic acids is 1. The van der Waals surface area contributed by atoms with Crippen LogP contribution in [0.5, 0.6) is 0 Å². The summed E-state index contributed by atoms with van der Waals surface area (Å²) in [5.41, 5.74) is 0.105. The van der Waals surface area contributed by atoms with Crippen molar-refractivity contribution in [2.45, 2.75) is 50.4 Å². The summed E-state index contributed by atoms with van der Waals surface area (Å²) >= 11 is 0. The number of amides is 2. The number of benzene rings is 1. The van der Waals surface area contributed by atoms with E-state index >= 15 is 4.39 Å². The lowest BCUT2D eigenvalue weighted by molar-refractivity contribution is -0.156. The van der Waals surface area contributed by atoms with Crippen LogP contribution in [0, 0.1) is 23.6 Å². The Morgan fingerprint density at radius 2 is 1.83 bits per heavy atom. The van der Waals surface area contributed by atoms with Crippen LogP contribution < -0.4 is 0 Å². The predicted octanol–water partition coefficient (Wildman–Crippen LogP) is 4.73. The van der Waals surface area contributed by atoms with Crippen molar-refractivity contribution in [1.82, 2.24) is 20.0 Å². The molecule has 0 N–H and O–H groups in total. The molecule has 188 valence electrons. The average Bonchev–Trinajstić information content (AvgIpc) is 3.49. The molecule has 5 fully saturated rings. The van der Waals surface area contributed by atoms with Crippen molar-refractivity contribution in [1.29, 1.82) is 0 Å². The van der Waals surface area contributed by atoms with E-state index in [0.717, 1.165) is 31.7 Å². The monoisotopic (exact) mass is 494 g/mol. The average molecular weight is 494 g/mol. The highest BCUT2D eigenvalue weighted by molar-refractivity contribution is 5.76. The molecule has 1 aromatic heterocycles. The van der Waals surface area contributed by atoms with Crippen LogP contribution in [0.25, 0.3) is 11.5 Å². The minimum atomic E-state index is -4.77. The first-order valence-corrected chi connectivity index (χ1v) is 12.1. The minimum absolute atomic E-state index is 0.0549. The Hall–Kier alpha value is -2.69. The molecule has 0 spiro atoms. The number of aromatic nitrogens is 2. The predicted molar refractivity (Wildman–Crippen MR) is 114 cm³/mol. The van der Waals surface area contributed by atoms with Crippen molar-refractivity contribution < 1.29 is 31.5 Å². The second kappa shape index (κ2) is 8.18. The van der Waals surface area contributed by atoms with Gasteiger partial charge < -0.3 is 19.0 Å². The molecule has 4 saturated carbocycles.